The minimum atomic E-state index is -1.03. The van der Waals surface area contributed by atoms with Gasteiger partial charge in [-0.25, -0.2) is 4.79 Å². The van der Waals surface area contributed by atoms with Crippen LogP contribution in [0.25, 0.3) is 0 Å². The number of aromatic carboxylic acids is 1. The summed E-state index contributed by atoms with van der Waals surface area (Å²) >= 11 is 3.19. The largest absolute Gasteiger partial charge is 0.496 e. The van der Waals surface area contributed by atoms with Crippen LogP contribution in [-0.2, 0) is 0 Å². The molecule has 0 unspecified atom stereocenters. The van der Waals surface area contributed by atoms with Gasteiger partial charge in [0.2, 0.25) is 0 Å². The van der Waals surface area contributed by atoms with E-state index in [1.165, 1.54) is 20.3 Å². The Kier molecular flexibility index (Phi) is 3.57. The van der Waals surface area contributed by atoms with Crippen LogP contribution in [0.15, 0.2) is 10.5 Å². The Morgan fingerprint density at radius 1 is 1.40 bits per heavy atom. The lowest BCUT2D eigenvalue weighted by Crippen LogP contribution is -2.02. The third-order valence-corrected chi connectivity index (χ3v) is 2.86. The molecule has 0 spiro atoms. The molecule has 0 aromatic heterocycles. The number of carboxylic acids is 1. The van der Waals surface area contributed by atoms with Gasteiger partial charge in [0.05, 0.1) is 24.3 Å². The third-order valence-electron chi connectivity index (χ3n) is 2.08. The molecule has 0 aliphatic rings. The summed E-state index contributed by atoms with van der Waals surface area (Å²) in [5, 5.41) is 8.96. The molecule has 15 heavy (non-hydrogen) atoms. The fourth-order valence-corrected chi connectivity index (χ4v) is 2.06. The van der Waals surface area contributed by atoms with Crippen LogP contribution in [0.4, 0.5) is 0 Å². The average Bonchev–Trinajstić information content (AvgIpc) is 2.18. The topological polar surface area (TPSA) is 55.8 Å². The van der Waals surface area contributed by atoms with Crippen molar-refractivity contribution >= 4 is 21.9 Å². The maximum atomic E-state index is 10.9. The SMILES string of the molecule is COc1cc(C(=O)O)c(Br)c(OC)c1C. The van der Waals surface area contributed by atoms with Crippen molar-refractivity contribution in [1.82, 2.24) is 0 Å². The zero-order valence-corrected chi connectivity index (χ0v) is 10.2. The maximum absolute atomic E-state index is 10.9. The second kappa shape index (κ2) is 4.53. The van der Waals surface area contributed by atoms with Crippen LogP contribution in [0.2, 0.25) is 0 Å². The maximum Gasteiger partial charge on any atom is 0.337 e. The van der Waals surface area contributed by atoms with E-state index in [1.54, 1.807) is 6.92 Å². The van der Waals surface area contributed by atoms with Gasteiger partial charge in [-0.15, -0.1) is 0 Å². The lowest BCUT2D eigenvalue weighted by molar-refractivity contribution is 0.0695. The first-order valence-electron chi connectivity index (χ1n) is 4.17. The van der Waals surface area contributed by atoms with E-state index >= 15 is 0 Å². The van der Waals surface area contributed by atoms with E-state index in [9.17, 15) is 4.79 Å². The van der Waals surface area contributed by atoms with E-state index < -0.39 is 5.97 Å². The Labute approximate surface area is 95.9 Å². The normalized spacial score (nSPS) is 9.87. The molecule has 1 aromatic carbocycles. The summed E-state index contributed by atoms with van der Waals surface area (Å²) in [5.41, 5.74) is 0.881. The predicted octanol–water partition coefficient (Wildman–Crippen LogP) is 2.47. The number of hydrogen-bond acceptors (Lipinski definition) is 3. The molecule has 1 rings (SSSR count). The number of carbonyl (C=O) groups is 1. The third kappa shape index (κ3) is 2.07. The highest BCUT2D eigenvalue weighted by Gasteiger charge is 2.18. The Hall–Kier alpha value is -1.23. The minimum absolute atomic E-state index is 0.120. The number of benzene rings is 1. The van der Waals surface area contributed by atoms with Gasteiger partial charge in [-0.1, -0.05) is 0 Å². The van der Waals surface area contributed by atoms with Crippen LogP contribution in [0, 0.1) is 6.92 Å². The zero-order valence-electron chi connectivity index (χ0n) is 8.63. The van der Waals surface area contributed by atoms with Crippen molar-refractivity contribution in [1.29, 1.82) is 0 Å². The summed E-state index contributed by atoms with van der Waals surface area (Å²) in [7, 11) is 2.97. The van der Waals surface area contributed by atoms with Crippen molar-refractivity contribution in [3.05, 3.63) is 21.7 Å². The van der Waals surface area contributed by atoms with E-state index in [-0.39, 0.29) is 5.56 Å². The second-order valence-corrected chi connectivity index (χ2v) is 3.70. The highest BCUT2D eigenvalue weighted by molar-refractivity contribution is 9.10. The molecule has 0 heterocycles. The highest BCUT2D eigenvalue weighted by atomic mass is 79.9. The van der Waals surface area contributed by atoms with E-state index in [0.29, 0.717) is 16.0 Å². The van der Waals surface area contributed by atoms with Crippen molar-refractivity contribution in [2.24, 2.45) is 0 Å². The minimum Gasteiger partial charge on any atom is -0.496 e. The molecule has 0 atom stereocenters. The van der Waals surface area contributed by atoms with E-state index in [2.05, 4.69) is 15.9 Å². The molecular weight excluding hydrogens is 264 g/mol. The molecular formula is C10H11BrO4. The summed E-state index contributed by atoms with van der Waals surface area (Å²) in [6.07, 6.45) is 0. The Balaban J connectivity index is 3.51. The molecule has 0 aliphatic heterocycles. The van der Waals surface area contributed by atoms with Crippen molar-refractivity contribution < 1.29 is 19.4 Å². The van der Waals surface area contributed by atoms with Gasteiger partial charge in [0.1, 0.15) is 11.5 Å². The molecule has 82 valence electrons. The molecule has 5 heteroatoms. The van der Waals surface area contributed by atoms with Gasteiger partial charge in [0.15, 0.2) is 0 Å². The van der Waals surface area contributed by atoms with Gasteiger partial charge in [-0.05, 0) is 28.9 Å². The molecule has 0 radical (unpaired) electrons. The fraction of sp³-hybridized carbons (Fsp3) is 0.300. The van der Waals surface area contributed by atoms with Crippen LogP contribution in [0.3, 0.4) is 0 Å². The Morgan fingerprint density at radius 2 is 2.00 bits per heavy atom. The predicted molar refractivity (Wildman–Crippen MR) is 58.9 cm³/mol. The molecule has 0 saturated heterocycles. The van der Waals surface area contributed by atoms with E-state index in [4.69, 9.17) is 14.6 Å². The molecule has 0 fully saturated rings. The average molecular weight is 275 g/mol. The van der Waals surface area contributed by atoms with Crippen molar-refractivity contribution in [2.75, 3.05) is 14.2 Å². The first kappa shape index (κ1) is 11.8. The summed E-state index contributed by atoms with van der Waals surface area (Å²) in [5.74, 6) is -0.0577. The second-order valence-electron chi connectivity index (χ2n) is 2.90. The monoisotopic (exact) mass is 274 g/mol. The van der Waals surface area contributed by atoms with Gasteiger partial charge in [-0.3, -0.25) is 0 Å². The van der Waals surface area contributed by atoms with Gasteiger partial charge in [0.25, 0.3) is 0 Å². The van der Waals surface area contributed by atoms with E-state index in [0.717, 1.165) is 5.56 Å². The number of halogens is 1. The molecule has 0 aliphatic carbocycles. The molecule has 1 aromatic rings. The molecule has 0 bridgehead atoms. The quantitative estimate of drug-likeness (QED) is 0.920. The Bertz CT molecular complexity index is 401. The van der Waals surface area contributed by atoms with Gasteiger partial charge >= 0.3 is 5.97 Å². The van der Waals surface area contributed by atoms with Crippen molar-refractivity contribution in [3.63, 3.8) is 0 Å². The fourth-order valence-electron chi connectivity index (χ4n) is 1.31. The van der Waals surface area contributed by atoms with Gasteiger partial charge < -0.3 is 14.6 Å². The molecule has 0 amide bonds. The molecule has 1 N–H and O–H groups in total. The van der Waals surface area contributed by atoms with Crippen LogP contribution in [0.1, 0.15) is 15.9 Å². The van der Waals surface area contributed by atoms with Crippen molar-refractivity contribution in [3.8, 4) is 11.5 Å². The molecule has 4 nitrogen and oxygen atoms in total. The number of ether oxygens (including phenoxy) is 2. The summed E-state index contributed by atoms with van der Waals surface area (Å²) in [4.78, 5) is 10.9. The summed E-state index contributed by atoms with van der Waals surface area (Å²) in [6, 6.07) is 1.46. The smallest absolute Gasteiger partial charge is 0.337 e. The van der Waals surface area contributed by atoms with Crippen LogP contribution < -0.4 is 9.47 Å². The standard InChI is InChI=1S/C10H11BrO4/c1-5-7(14-2)4-6(10(12)13)8(11)9(5)15-3/h4H,1-3H3,(H,12,13). The Morgan fingerprint density at radius 3 is 2.40 bits per heavy atom. The van der Waals surface area contributed by atoms with Crippen molar-refractivity contribution in [2.45, 2.75) is 6.92 Å². The first-order chi connectivity index (χ1) is 7.02. The van der Waals surface area contributed by atoms with E-state index in [1.807, 2.05) is 0 Å². The van der Waals surface area contributed by atoms with Crippen LogP contribution >= 0.6 is 15.9 Å². The number of rotatable bonds is 3. The highest BCUT2D eigenvalue weighted by Crippen LogP contribution is 2.37. The number of methoxy groups -OCH3 is 2. The summed E-state index contributed by atoms with van der Waals surface area (Å²) in [6.45, 7) is 1.80. The lowest BCUT2D eigenvalue weighted by atomic mass is 10.1. The van der Waals surface area contributed by atoms with Gasteiger partial charge in [-0.2, -0.15) is 0 Å². The van der Waals surface area contributed by atoms with Crippen LogP contribution in [-0.4, -0.2) is 25.3 Å². The number of hydrogen-bond donors (Lipinski definition) is 1. The summed E-state index contributed by atoms with van der Waals surface area (Å²) < 4.78 is 10.6. The first-order valence-corrected chi connectivity index (χ1v) is 4.96. The zero-order chi connectivity index (χ0) is 11.6. The molecule has 0 saturated carbocycles. The van der Waals surface area contributed by atoms with Gasteiger partial charge in [0, 0.05) is 5.56 Å². The number of carboxylic acid groups (broad SMARTS) is 1. The lowest BCUT2D eigenvalue weighted by Gasteiger charge is -2.13. The van der Waals surface area contributed by atoms with Crippen LogP contribution in [0.5, 0.6) is 11.5 Å².